The van der Waals surface area contributed by atoms with Gasteiger partial charge in [-0.05, 0) is 41.5 Å². The van der Waals surface area contributed by atoms with Crippen molar-refractivity contribution in [2.45, 2.75) is 12.8 Å². The molecule has 1 nitrogen and oxygen atoms in total. The molecular formula is C15H11Cl2FO. The first-order chi connectivity index (χ1) is 9.04. The van der Waals surface area contributed by atoms with Crippen molar-refractivity contribution in [3.05, 3.63) is 69.5 Å². The maximum atomic E-state index is 12.8. The second-order valence-corrected chi connectivity index (χ2v) is 5.10. The van der Waals surface area contributed by atoms with Crippen molar-refractivity contribution in [3.63, 3.8) is 0 Å². The smallest absolute Gasteiger partial charge is 0.141 e. The minimum absolute atomic E-state index is 0.00998. The zero-order valence-electron chi connectivity index (χ0n) is 10.00. The summed E-state index contributed by atoms with van der Waals surface area (Å²) in [7, 11) is 0. The monoisotopic (exact) mass is 296 g/mol. The molecule has 0 saturated heterocycles. The fraction of sp³-hybridized carbons (Fsp3) is 0.133. The van der Waals surface area contributed by atoms with Crippen LogP contribution in [0.25, 0.3) is 0 Å². The number of carbonyl (C=O) groups is 1. The normalized spacial score (nSPS) is 10.5. The second kappa shape index (κ2) is 6.18. The molecule has 0 spiro atoms. The van der Waals surface area contributed by atoms with Crippen molar-refractivity contribution in [1.82, 2.24) is 0 Å². The molecule has 0 amide bonds. The molecule has 0 atom stereocenters. The topological polar surface area (TPSA) is 17.1 Å². The summed E-state index contributed by atoms with van der Waals surface area (Å²) < 4.78 is 12.8. The summed E-state index contributed by atoms with van der Waals surface area (Å²) in [5, 5.41) is 1.07. The Bertz CT molecular complexity index is 594. The van der Waals surface area contributed by atoms with Crippen molar-refractivity contribution >= 4 is 29.0 Å². The Morgan fingerprint density at radius 2 is 1.68 bits per heavy atom. The number of rotatable bonds is 4. The van der Waals surface area contributed by atoms with Gasteiger partial charge in [-0.15, -0.1) is 0 Å². The lowest BCUT2D eigenvalue weighted by Crippen LogP contribution is -2.07. The molecule has 2 aromatic carbocycles. The summed E-state index contributed by atoms with van der Waals surface area (Å²) >= 11 is 11.9. The van der Waals surface area contributed by atoms with Crippen LogP contribution in [0.1, 0.15) is 11.1 Å². The number of benzene rings is 2. The maximum absolute atomic E-state index is 12.8. The van der Waals surface area contributed by atoms with Crippen LogP contribution in [0.3, 0.4) is 0 Å². The summed E-state index contributed by atoms with van der Waals surface area (Å²) in [5.74, 6) is -0.301. The molecule has 0 aromatic heterocycles. The van der Waals surface area contributed by atoms with E-state index in [2.05, 4.69) is 0 Å². The minimum Gasteiger partial charge on any atom is -0.299 e. The van der Waals surface area contributed by atoms with Crippen LogP contribution >= 0.6 is 23.2 Å². The van der Waals surface area contributed by atoms with Gasteiger partial charge in [0.2, 0.25) is 0 Å². The largest absolute Gasteiger partial charge is 0.299 e. The maximum Gasteiger partial charge on any atom is 0.141 e. The summed E-state index contributed by atoms with van der Waals surface area (Å²) in [4.78, 5) is 11.9. The standard InChI is InChI=1S/C15H11Cl2FO/c16-12-3-6-15(17)11(8-12)9-14(19)7-10-1-4-13(18)5-2-10/h1-6,8H,7,9H2. The molecule has 0 heterocycles. The molecule has 0 fully saturated rings. The average Bonchev–Trinajstić information content (AvgIpc) is 2.37. The SMILES string of the molecule is O=C(Cc1ccc(F)cc1)Cc1cc(Cl)ccc1Cl. The number of carbonyl (C=O) groups excluding carboxylic acids is 1. The first-order valence-electron chi connectivity index (χ1n) is 5.74. The Labute approximate surface area is 121 Å². The van der Waals surface area contributed by atoms with E-state index in [-0.39, 0.29) is 24.4 Å². The van der Waals surface area contributed by atoms with Crippen LogP contribution in [-0.4, -0.2) is 5.78 Å². The Morgan fingerprint density at radius 3 is 2.37 bits per heavy atom. The molecule has 2 rings (SSSR count). The van der Waals surface area contributed by atoms with Crippen molar-refractivity contribution < 1.29 is 9.18 Å². The summed E-state index contributed by atoms with van der Waals surface area (Å²) in [6.45, 7) is 0. The van der Waals surface area contributed by atoms with Gasteiger partial charge in [-0.3, -0.25) is 4.79 Å². The summed E-state index contributed by atoms with van der Waals surface area (Å²) in [5.41, 5.74) is 1.49. The van der Waals surface area contributed by atoms with Gasteiger partial charge in [0.25, 0.3) is 0 Å². The molecule has 0 bridgehead atoms. The number of halogens is 3. The molecule has 2 aromatic rings. The molecular weight excluding hydrogens is 286 g/mol. The first-order valence-corrected chi connectivity index (χ1v) is 6.50. The highest BCUT2D eigenvalue weighted by Crippen LogP contribution is 2.21. The van der Waals surface area contributed by atoms with E-state index < -0.39 is 0 Å². The van der Waals surface area contributed by atoms with Crippen molar-refractivity contribution in [2.24, 2.45) is 0 Å². The van der Waals surface area contributed by atoms with Crippen LogP contribution in [-0.2, 0) is 17.6 Å². The van der Waals surface area contributed by atoms with E-state index in [1.807, 2.05) is 0 Å². The van der Waals surface area contributed by atoms with Gasteiger partial charge in [-0.1, -0.05) is 35.3 Å². The Hall–Kier alpha value is -1.38. The molecule has 0 aliphatic rings. The third kappa shape index (κ3) is 4.05. The first kappa shape index (κ1) is 14.0. The average molecular weight is 297 g/mol. The highest BCUT2D eigenvalue weighted by molar-refractivity contribution is 6.33. The van der Waals surface area contributed by atoms with E-state index in [0.717, 1.165) is 5.56 Å². The molecule has 0 radical (unpaired) electrons. The van der Waals surface area contributed by atoms with Gasteiger partial charge >= 0.3 is 0 Å². The van der Waals surface area contributed by atoms with Crippen molar-refractivity contribution in [3.8, 4) is 0 Å². The van der Waals surface area contributed by atoms with Gasteiger partial charge in [0.05, 0.1) is 0 Å². The van der Waals surface area contributed by atoms with E-state index in [0.29, 0.717) is 15.6 Å². The Balaban J connectivity index is 2.05. The third-order valence-electron chi connectivity index (χ3n) is 2.71. The van der Waals surface area contributed by atoms with E-state index in [4.69, 9.17) is 23.2 Å². The van der Waals surface area contributed by atoms with E-state index >= 15 is 0 Å². The molecule has 0 unspecified atom stereocenters. The van der Waals surface area contributed by atoms with Crippen LogP contribution in [0.4, 0.5) is 4.39 Å². The summed E-state index contributed by atoms with van der Waals surface area (Å²) in [6.07, 6.45) is 0.472. The van der Waals surface area contributed by atoms with Gasteiger partial charge in [-0.25, -0.2) is 4.39 Å². The van der Waals surface area contributed by atoms with Gasteiger partial charge in [0.1, 0.15) is 11.6 Å². The fourth-order valence-electron chi connectivity index (χ4n) is 1.78. The number of Topliss-reactive ketones (excluding diaryl/α,β-unsaturated/α-hetero) is 1. The molecule has 19 heavy (non-hydrogen) atoms. The van der Waals surface area contributed by atoms with E-state index in [1.54, 1.807) is 30.3 Å². The lowest BCUT2D eigenvalue weighted by Gasteiger charge is -2.05. The molecule has 0 aliphatic carbocycles. The third-order valence-corrected chi connectivity index (χ3v) is 3.31. The Morgan fingerprint density at radius 1 is 1.00 bits per heavy atom. The lowest BCUT2D eigenvalue weighted by molar-refractivity contribution is -0.117. The zero-order valence-corrected chi connectivity index (χ0v) is 11.5. The van der Waals surface area contributed by atoms with Crippen LogP contribution in [0, 0.1) is 5.82 Å². The molecule has 0 N–H and O–H groups in total. The zero-order chi connectivity index (χ0) is 13.8. The second-order valence-electron chi connectivity index (χ2n) is 4.25. The molecule has 4 heteroatoms. The van der Waals surface area contributed by atoms with Crippen LogP contribution < -0.4 is 0 Å². The Kier molecular flexibility index (Phi) is 4.56. The fourth-order valence-corrected chi connectivity index (χ4v) is 2.16. The van der Waals surface area contributed by atoms with Crippen LogP contribution in [0.15, 0.2) is 42.5 Å². The quantitative estimate of drug-likeness (QED) is 0.812. The van der Waals surface area contributed by atoms with Gasteiger partial charge in [-0.2, -0.15) is 0 Å². The van der Waals surface area contributed by atoms with Gasteiger partial charge in [0, 0.05) is 22.9 Å². The predicted molar refractivity (Wildman–Crippen MR) is 75.3 cm³/mol. The molecule has 0 saturated carbocycles. The van der Waals surface area contributed by atoms with E-state index in [1.165, 1.54) is 12.1 Å². The van der Waals surface area contributed by atoms with Crippen molar-refractivity contribution in [2.75, 3.05) is 0 Å². The van der Waals surface area contributed by atoms with E-state index in [9.17, 15) is 9.18 Å². The van der Waals surface area contributed by atoms with Crippen LogP contribution in [0.2, 0.25) is 10.0 Å². The highest BCUT2D eigenvalue weighted by Gasteiger charge is 2.09. The number of hydrogen-bond acceptors (Lipinski definition) is 1. The van der Waals surface area contributed by atoms with Gasteiger partial charge < -0.3 is 0 Å². The number of hydrogen-bond donors (Lipinski definition) is 0. The minimum atomic E-state index is -0.311. The predicted octanol–water partition coefficient (Wildman–Crippen LogP) is 4.49. The van der Waals surface area contributed by atoms with Crippen molar-refractivity contribution in [1.29, 1.82) is 0 Å². The highest BCUT2D eigenvalue weighted by atomic mass is 35.5. The molecule has 98 valence electrons. The molecule has 0 aliphatic heterocycles. The number of ketones is 1. The van der Waals surface area contributed by atoms with Gasteiger partial charge in [0.15, 0.2) is 0 Å². The summed E-state index contributed by atoms with van der Waals surface area (Å²) in [6, 6.07) is 10.9. The lowest BCUT2D eigenvalue weighted by atomic mass is 10.0. The van der Waals surface area contributed by atoms with Crippen LogP contribution in [0.5, 0.6) is 0 Å².